The van der Waals surface area contributed by atoms with Crippen LogP contribution < -0.4 is 0 Å². The zero-order chi connectivity index (χ0) is 14.7. The second kappa shape index (κ2) is 12.1. The summed E-state index contributed by atoms with van der Waals surface area (Å²) in [6.07, 6.45) is 2.51. The maximum absolute atomic E-state index is 5.58. The third kappa shape index (κ3) is 11.9. The van der Waals surface area contributed by atoms with E-state index in [9.17, 15) is 0 Å². The van der Waals surface area contributed by atoms with Crippen LogP contribution in [0.2, 0.25) is 0 Å². The molecule has 0 aliphatic heterocycles. The van der Waals surface area contributed by atoms with Gasteiger partial charge in [0.25, 0.3) is 0 Å². The van der Waals surface area contributed by atoms with E-state index in [1.54, 1.807) is 0 Å². The van der Waals surface area contributed by atoms with Gasteiger partial charge in [-0.25, -0.2) is 0 Å². The van der Waals surface area contributed by atoms with Gasteiger partial charge in [-0.15, -0.1) is 0 Å². The molecule has 2 atom stereocenters. The second-order valence-electron chi connectivity index (χ2n) is 5.18. The summed E-state index contributed by atoms with van der Waals surface area (Å²) in [5.74, 6) is 0. The molecule has 0 aromatic carbocycles. The summed E-state index contributed by atoms with van der Waals surface area (Å²) in [6.45, 7) is 12.8. The Morgan fingerprint density at radius 2 is 1.21 bits per heavy atom. The Bertz CT molecular complexity index is 188. The molecular weight excluding hydrogens is 292 g/mol. The first-order valence-corrected chi connectivity index (χ1v) is 8.03. The molecule has 0 amide bonds. The van der Waals surface area contributed by atoms with E-state index in [0.717, 1.165) is 39.0 Å². The minimum atomic E-state index is 0.222. The van der Waals surface area contributed by atoms with Gasteiger partial charge in [0.15, 0.2) is 0 Å². The Hall–Kier alpha value is 0.359. The van der Waals surface area contributed by atoms with Crippen LogP contribution in [0, 0.1) is 0 Å². The molecule has 0 bridgehead atoms. The van der Waals surface area contributed by atoms with E-state index in [1.807, 2.05) is 0 Å². The number of nitrogens with zero attached hydrogens (tertiary/aromatic N) is 2. The molecule has 0 rings (SSSR count). The van der Waals surface area contributed by atoms with Crippen molar-refractivity contribution in [1.29, 1.82) is 0 Å². The molecule has 0 aromatic heterocycles. The van der Waals surface area contributed by atoms with Crippen LogP contribution >= 0.6 is 0 Å². The van der Waals surface area contributed by atoms with Crippen LogP contribution in [0.5, 0.6) is 0 Å². The average molecular weight is 324 g/mol. The monoisotopic (exact) mass is 323 g/mol. The molecule has 0 radical (unpaired) electrons. The first kappa shape index (κ1) is 19.4. The second-order valence-corrected chi connectivity index (χ2v) is 5.78. The molecule has 0 saturated heterocycles. The molecule has 0 N–H and O–H groups in total. The molecule has 0 fully saturated rings. The summed E-state index contributed by atoms with van der Waals surface area (Å²) >= 11 is 1.24. The summed E-state index contributed by atoms with van der Waals surface area (Å²) < 4.78 is 11.2. The maximum atomic E-state index is 5.58. The number of rotatable bonds is 12. The van der Waals surface area contributed by atoms with Crippen LogP contribution in [0.25, 0.3) is 0 Å². The van der Waals surface area contributed by atoms with E-state index in [4.69, 9.17) is 7.64 Å². The van der Waals surface area contributed by atoms with Gasteiger partial charge >= 0.3 is 126 Å². The predicted molar refractivity (Wildman–Crippen MR) is 76.7 cm³/mol. The zero-order valence-corrected chi connectivity index (χ0v) is 14.4. The molecule has 0 heterocycles. The first-order chi connectivity index (χ1) is 8.99. The van der Waals surface area contributed by atoms with Gasteiger partial charge in [-0.2, -0.15) is 0 Å². The van der Waals surface area contributed by atoms with Crippen LogP contribution in [0.1, 0.15) is 40.5 Å². The normalized spacial score (nSPS) is 15.4. The van der Waals surface area contributed by atoms with Crippen molar-refractivity contribution in [2.45, 2.75) is 52.7 Å². The summed E-state index contributed by atoms with van der Waals surface area (Å²) in [6, 6.07) is 0. The van der Waals surface area contributed by atoms with E-state index < -0.39 is 0 Å². The summed E-state index contributed by atoms with van der Waals surface area (Å²) in [5, 5.41) is 0. The van der Waals surface area contributed by atoms with Crippen molar-refractivity contribution in [3.63, 3.8) is 0 Å². The fourth-order valence-corrected chi connectivity index (χ4v) is 1.89. The van der Waals surface area contributed by atoms with E-state index in [1.165, 1.54) is 15.6 Å². The summed E-state index contributed by atoms with van der Waals surface area (Å²) in [7, 11) is 4.25. The third-order valence-electron chi connectivity index (χ3n) is 3.22. The Morgan fingerprint density at radius 1 is 0.842 bits per heavy atom. The number of hydrogen-bond donors (Lipinski definition) is 0. The van der Waals surface area contributed by atoms with Crippen LogP contribution in [-0.2, 0) is 23.3 Å². The van der Waals surface area contributed by atoms with Gasteiger partial charge in [0.2, 0.25) is 0 Å². The van der Waals surface area contributed by atoms with Crippen molar-refractivity contribution in [1.82, 2.24) is 9.80 Å². The van der Waals surface area contributed by atoms with Gasteiger partial charge in [0.05, 0.1) is 0 Å². The van der Waals surface area contributed by atoms with Crippen molar-refractivity contribution in [2.24, 2.45) is 0 Å². The van der Waals surface area contributed by atoms with Crippen LogP contribution in [0.4, 0.5) is 0 Å². The Morgan fingerprint density at radius 3 is 1.53 bits per heavy atom. The summed E-state index contributed by atoms with van der Waals surface area (Å²) in [4.78, 5) is 4.57. The van der Waals surface area contributed by atoms with Crippen molar-refractivity contribution in [3.8, 4) is 0 Å². The molecule has 4 nitrogen and oxygen atoms in total. The van der Waals surface area contributed by atoms with E-state index >= 15 is 0 Å². The molecule has 2 unspecified atom stereocenters. The fourth-order valence-electron chi connectivity index (χ4n) is 1.31. The van der Waals surface area contributed by atoms with E-state index in [0.29, 0.717) is 0 Å². The topological polar surface area (TPSA) is 24.9 Å². The molecule has 0 aliphatic carbocycles. The molecule has 0 saturated carbocycles. The predicted octanol–water partition coefficient (Wildman–Crippen LogP) is 2.39. The van der Waals surface area contributed by atoms with Gasteiger partial charge in [0.1, 0.15) is 0 Å². The summed E-state index contributed by atoms with van der Waals surface area (Å²) in [5.41, 5.74) is 0. The fraction of sp³-hybridized carbons (Fsp3) is 1.00. The molecule has 0 aliphatic rings. The van der Waals surface area contributed by atoms with Crippen molar-refractivity contribution >= 4 is 0 Å². The van der Waals surface area contributed by atoms with Crippen LogP contribution in [0.15, 0.2) is 0 Å². The van der Waals surface area contributed by atoms with Crippen LogP contribution in [-0.4, -0.2) is 62.3 Å². The molecule has 0 aromatic rings. The van der Waals surface area contributed by atoms with Crippen molar-refractivity contribution in [2.75, 3.05) is 40.3 Å². The molecule has 121 valence electrons. The van der Waals surface area contributed by atoms with Gasteiger partial charge < -0.3 is 0 Å². The standard InChI is InChI=1S/2C7H16NO.Cu/c2*1-4-8(3)6-5-7(2)9;/h2*7H,4-6H2,1-3H3;/q2*-1;+2. The van der Waals surface area contributed by atoms with Gasteiger partial charge in [0, 0.05) is 0 Å². The average Bonchev–Trinajstić information content (AvgIpc) is 2.41. The molecular formula is C14H32CuN2O2. The number of hydrogen-bond acceptors (Lipinski definition) is 4. The van der Waals surface area contributed by atoms with E-state index in [2.05, 4.69) is 51.6 Å². The van der Waals surface area contributed by atoms with Gasteiger partial charge in [-0.1, -0.05) is 0 Å². The minimum absolute atomic E-state index is 0.222. The Kier molecular flexibility index (Phi) is 12.4. The van der Waals surface area contributed by atoms with Crippen molar-refractivity contribution in [3.05, 3.63) is 0 Å². The van der Waals surface area contributed by atoms with Gasteiger partial charge in [-0.3, -0.25) is 0 Å². The first-order valence-electron chi connectivity index (χ1n) is 7.26. The van der Waals surface area contributed by atoms with Crippen LogP contribution in [0.3, 0.4) is 0 Å². The quantitative estimate of drug-likeness (QED) is 0.515. The Labute approximate surface area is 126 Å². The zero-order valence-electron chi connectivity index (χ0n) is 13.4. The SMILES string of the molecule is CCN(C)CCC(C)[O][Cu][O]C(C)CCN(C)CC. The third-order valence-corrected chi connectivity index (χ3v) is 4.15. The van der Waals surface area contributed by atoms with Crippen molar-refractivity contribution < 1.29 is 23.3 Å². The molecule has 19 heavy (non-hydrogen) atoms. The molecule has 5 heteroatoms. The Balaban J connectivity index is 3.50. The van der Waals surface area contributed by atoms with Gasteiger partial charge in [-0.05, 0) is 0 Å². The molecule has 0 spiro atoms. The van der Waals surface area contributed by atoms with E-state index in [-0.39, 0.29) is 12.2 Å².